The van der Waals surface area contributed by atoms with Gasteiger partial charge >= 0.3 is 0 Å². The average Bonchev–Trinajstić information content (AvgIpc) is 2.64. The highest BCUT2D eigenvalue weighted by Crippen LogP contribution is 2.32. The van der Waals surface area contributed by atoms with Gasteiger partial charge < -0.3 is 5.32 Å². The van der Waals surface area contributed by atoms with Gasteiger partial charge in [-0.15, -0.1) is 11.3 Å². The van der Waals surface area contributed by atoms with Crippen molar-refractivity contribution >= 4 is 65.0 Å². The molecule has 0 aliphatic rings. The van der Waals surface area contributed by atoms with Crippen LogP contribution in [0.15, 0.2) is 14.3 Å². The van der Waals surface area contributed by atoms with E-state index in [1.807, 2.05) is 6.07 Å². The van der Waals surface area contributed by atoms with Gasteiger partial charge in [0.05, 0.1) is 8.66 Å². The molecule has 0 aromatic carbocycles. The minimum absolute atomic E-state index is 0.00156. The lowest BCUT2D eigenvalue weighted by atomic mass is 9.88. The molecule has 18 heavy (non-hydrogen) atoms. The molecule has 1 heterocycles. The maximum Gasteiger partial charge on any atom is 0.261 e. The lowest BCUT2D eigenvalue weighted by molar-refractivity contribution is 0.0938. The third kappa shape index (κ3) is 5.31. The monoisotopic (exact) mass is 459 g/mol. The van der Waals surface area contributed by atoms with E-state index in [0.717, 1.165) is 31.3 Å². The molecule has 6 heteroatoms. The molecule has 1 N–H and O–H groups in total. The number of hydrogen-bond acceptors (Lipinski definition) is 2. The van der Waals surface area contributed by atoms with Crippen molar-refractivity contribution in [3.63, 3.8) is 0 Å². The molecule has 102 valence electrons. The fourth-order valence-corrected chi connectivity index (χ4v) is 3.73. The van der Waals surface area contributed by atoms with E-state index in [1.165, 1.54) is 11.3 Å². The number of alkyl halides is 1. The van der Waals surface area contributed by atoms with Gasteiger partial charge in [-0.3, -0.25) is 4.79 Å². The summed E-state index contributed by atoms with van der Waals surface area (Å²) in [5.41, 5.74) is 0.134. The molecule has 2 nitrogen and oxygen atoms in total. The van der Waals surface area contributed by atoms with Crippen LogP contribution < -0.4 is 5.32 Å². The topological polar surface area (TPSA) is 29.1 Å². The Labute approximate surface area is 137 Å². The number of rotatable bonds is 6. The van der Waals surface area contributed by atoms with Crippen molar-refractivity contribution in [3.05, 3.63) is 19.2 Å². The van der Waals surface area contributed by atoms with Gasteiger partial charge in [0.15, 0.2) is 0 Å². The van der Waals surface area contributed by atoms with E-state index in [-0.39, 0.29) is 11.3 Å². The molecule has 1 amide bonds. The van der Waals surface area contributed by atoms with Crippen molar-refractivity contribution in [1.29, 1.82) is 0 Å². The molecule has 1 aromatic heterocycles. The fraction of sp³-hybridized carbons (Fsp3) is 0.583. The lowest BCUT2D eigenvalue weighted by Gasteiger charge is -2.24. The smallest absolute Gasteiger partial charge is 0.261 e. The molecule has 0 fully saturated rings. The molecule has 1 rings (SSSR count). The Bertz CT molecular complexity index is 398. The largest absolute Gasteiger partial charge is 0.351 e. The van der Waals surface area contributed by atoms with Gasteiger partial charge in [-0.05, 0) is 56.2 Å². The van der Waals surface area contributed by atoms with Crippen LogP contribution in [-0.2, 0) is 0 Å². The second kappa shape index (κ2) is 7.41. The number of amides is 1. The summed E-state index contributed by atoms with van der Waals surface area (Å²) in [7, 11) is 0. The quantitative estimate of drug-likeness (QED) is 0.579. The highest BCUT2D eigenvalue weighted by Gasteiger charge is 2.19. The highest BCUT2D eigenvalue weighted by atomic mass is 79.9. The number of thiophene rings is 1. The molecule has 0 unspecified atom stereocenters. The van der Waals surface area contributed by atoms with Crippen LogP contribution in [0.1, 0.15) is 36.4 Å². The van der Waals surface area contributed by atoms with Crippen molar-refractivity contribution in [2.45, 2.75) is 26.7 Å². The number of halogens is 3. The van der Waals surface area contributed by atoms with E-state index in [1.54, 1.807) is 0 Å². The molecule has 0 bridgehead atoms. The number of carbonyl (C=O) groups excluding carboxylic acids is 1. The van der Waals surface area contributed by atoms with E-state index < -0.39 is 0 Å². The van der Waals surface area contributed by atoms with Crippen LogP contribution in [0.25, 0.3) is 0 Å². The summed E-state index contributed by atoms with van der Waals surface area (Å²) < 4.78 is 1.88. The van der Waals surface area contributed by atoms with Gasteiger partial charge in [0.1, 0.15) is 0 Å². The molecular formula is C12H16Br3NOS. The zero-order valence-electron chi connectivity index (χ0n) is 10.4. The van der Waals surface area contributed by atoms with Crippen LogP contribution >= 0.6 is 59.1 Å². The van der Waals surface area contributed by atoms with Gasteiger partial charge in [0, 0.05) is 16.3 Å². The standard InChI is InChI=1S/C12H16Br3NOS/c1-12(2,4-3-5-13)7-16-11(17)9-6-8(14)10(15)18-9/h6H,3-5,7H2,1-2H3,(H,16,17). The van der Waals surface area contributed by atoms with E-state index >= 15 is 0 Å². The van der Waals surface area contributed by atoms with Crippen molar-refractivity contribution in [1.82, 2.24) is 5.32 Å². The van der Waals surface area contributed by atoms with Gasteiger partial charge in [0.2, 0.25) is 0 Å². The minimum atomic E-state index is -0.00156. The zero-order valence-corrected chi connectivity index (χ0v) is 15.9. The number of nitrogens with one attached hydrogen (secondary N) is 1. The first kappa shape index (κ1) is 16.7. The Hall–Kier alpha value is 0.610. The summed E-state index contributed by atoms with van der Waals surface area (Å²) in [5, 5.41) is 4.01. The Balaban J connectivity index is 2.50. The number of carbonyl (C=O) groups is 1. The Morgan fingerprint density at radius 1 is 1.44 bits per heavy atom. The Kier molecular flexibility index (Phi) is 6.86. The van der Waals surface area contributed by atoms with Gasteiger partial charge in [-0.25, -0.2) is 0 Å². The normalized spacial score (nSPS) is 11.6. The summed E-state index contributed by atoms with van der Waals surface area (Å²) in [6, 6.07) is 1.84. The molecule has 0 spiro atoms. The van der Waals surface area contributed by atoms with Crippen LogP contribution in [0.3, 0.4) is 0 Å². The molecule has 0 radical (unpaired) electrons. The Morgan fingerprint density at radius 3 is 2.61 bits per heavy atom. The van der Waals surface area contributed by atoms with Crippen molar-refractivity contribution in [2.24, 2.45) is 5.41 Å². The maximum atomic E-state index is 12.0. The highest BCUT2D eigenvalue weighted by molar-refractivity contribution is 9.13. The van der Waals surface area contributed by atoms with Gasteiger partial charge in [-0.1, -0.05) is 29.8 Å². The van der Waals surface area contributed by atoms with Gasteiger partial charge in [-0.2, -0.15) is 0 Å². The van der Waals surface area contributed by atoms with Crippen LogP contribution in [0.2, 0.25) is 0 Å². The molecule has 0 atom stereocenters. The third-order valence-electron chi connectivity index (χ3n) is 2.58. The van der Waals surface area contributed by atoms with E-state index in [4.69, 9.17) is 0 Å². The first-order valence-electron chi connectivity index (χ1n) is 5.65. The molecule has 0 aliphatic carbocycles. The summed E-state index contributed by atoms with van der Waals surface area (Å²) in [6.45, 7) is 5.05. The second-order valence-electron chi connectivity index (χ2n) is 4.87. The third-order valence-corrected chi connectivity index (χ3v) is 6.40. The average molecular weight is 462 g/mol. The van der Waals surface area contributed by atoms with E-state index in [0.29, 0.717) is 6.54 Å². The summed E-state index contributed by atoms with van der Waals surface area (Å²) in [6.07, 6.45) is 2.22. The predicted octanol–water partition coefficient (Wildman–Crippen LogP) is 5.20. The van der Waals surface area contributed by atoms with E-state index in [2.05, 4.69) is 67.0 Å². The minimum Gasteiger partial charge on any atom is -0.351 e. The summed E-state index contributed by atoms with van der Waals surface area (Å²) in [5.74, 6) is -0.00156. The van der Waals surface area contributed by atoms with Crippen molar-refractivity contribution in [3.8, 4) is 0 Å². The second-order valence-corrected chi connectivity index (χ2v) is 8.89. The molecule has 0 saturated carbocycles. The predicted molar refractivity (Wildman–Crippen MR) is 88.9 cm³/mol. The van der Waals surface area contributed by atoms with Crippen LogP contribution in [0, 0.1) is 5.41 Å². The van der Waals surface area contributed by atoms with Crippen molar-refractivity contribution in [2.75, 3.05) is 11.9 Å². The molecular weight excluding hydrogens is 446 g/mol. The molecule has 0 aliphatic heterocycles. The van der Waals surface area contributed by atoms with E-state index in [9.17, 15) is 4.79 Å². The lowest BCUT2D eigenvalue weighted by Crippen LogP contribution is -2.33. The number of hydrogen-bond donors (Lipinski definition) is 1. The Morgan fingerprint density at radius 2 is 2.11 bits per heavy atom. The van der Waals surface area contributed by atoms with Crippen molar-refractivity contribution < 1.29 is 4.79 Å². The van der Waals surface area contributed by atoms with Gasteiger partial charge in [0.25, 0.3) is 5.91 Å². The SMILES string of the molecule is CC(C)(CCCBr)CNC(=O)c1cc(Br)c(Br)s1. The molecule has 0 saturated heterocycles. The van der Waals surface area contributed by atoms with Crippen LogP contribution in [0.5, 0.6) is 0 Å². The summed E-state index contributed by atoms with van der Waals surface area (Å²) >= 11 is 11.7. The maximum absolute atomic E-state index is 12.0. The first-order chi connectivity index (χ1) is 8.35. The fourth-order valence-electron chi connectivity index (χ4n) is 1.50. The zero-order chi connectivity index (χ0) is 13.8. The first-order valence-corrected chi connectivity index (χ1v) is 9.17. The van der Waals surface area contributed by atoms with Crippen LogP contribution in [0.4, 0.5) is 0 Å². The molecule has 1 aromatic rings. The van der Waals surface area contributed by atoms with Crippen LogP contribution in [-0.4, -0.2) is 17.8 Å². The summed E-state index contributed by atoms with van der Waals surface area (Å²) in [4.78, 5) is 12.7.